The van der Waals surface area contributed by atoms with Gasteiger partial charge in [-0.1, -0.05) is 19.1 Å². The number of rotatable bonds is 5. The van der Waals surface area contributed by atoms with E-state index in [2.05, 4.69) is 45.4 Å². The molecule has 0 amide bonds. The van der Waals surface area contributed by atoms with E-state index in [1.54, 1.807) is 16.8 Å². The van der Waals surface area contributed by atoms with Crippen molar-refractivity contribution in [3.05, 3.63) is 39.9 Å². The van der Waals surface area contributed by atoms with Crippen LogP contribution in [0.3, 0.4) is 0 Å². The molecule has 2 aromatic rings. The van der Waals surface area contributed by atoms with Crippen LogP contribution in [0, 0.1) is 5.82 Å². The Balaban J connectivity index is 2.49. The zero-order chi connectivity index (χ0) is 14.7. The lowest BCUT2D eigenvalue weighted by Crippen LogP contribution is -2.17. The first kappa shape index (κ1) is 15.1. The zero-order valence-corrected chi connectivity index (χ0v) is 13.4. The first-order chi connectivity index (χ1) is 9.62. The molecular weight excluding hydrogens is 323 g/mol. The van der Waals surface area contributed by atoms with Gasteiger partial charge in [-0.15, -0.1) is 5.10 Å². The van der Waals surface area contributed by atoms with Crippen LogP contribution in [0.1, 0.15) is 37.7 Å². The number of hydrogen-bond acceptors (Lipinski definition) is 3. The SMILES string of the molecule is CCc1c(C(CC)NC)nnn1-c1ccc(F)c(Br)c1. The topological polar surface area (TPSA) is 42.7 Å². The van der Waals surface area contributed by atoms with Gasteiger partial charge >= 0.3 is 0 Å². The van der Waals surface area contributed by atoms with E-state index in [1.165, 1.54) is 6.07 Å². The summed E-state index contributed by atoms with van der Waals surface area (Å²) in [6.45, 7) is 4.17. The summed E-state index contributed by atoms with van der Waals surface area (Å²) in [7, 11) is 1.92. The van der Waals surface area contributed by atoms with Crippen LogP contribution in [-0.2, 0) is 6.42 Å². The molecule has 0 saturated heterocycles. The first-order valence-corrected chi connectivity index (χ1v) is 7.48. The van der Waals surface area contributed by atoms with Gasteiger partial charge in [-0.2, -0.15) is 0 Å². The number of hydrogen-bond donors (Lipinski definition) is 1. The molecule has 0 aliphatic rings. The van der Waals surface area contributed by atoms with Crippen molar-refractivity contribution < 1.29 is 4.39 Å². The maximum atomic E-state index is 13.3. The van der Waals surface area contributed by atoms with Gasteiger partial charge in [0.1, 0.15) is 11.5 Å². The Labute approximate surface area is 126 Å². The Morgan fingerprint density at radius 3 is 2.70 bits per heavy atom. The average Bonchev–Trinajstić information content (AvgIpc) is 2.87. The zero-order valence-electron chi connectivity index (χ0n) is 11.8. The summed E-state index contributed by atoms with van der Waals surface area (Å²) in [5, 5.41) is 11.8. The van der Waals surface area contributed by atoms with Gasteiger partial charge in [0.15, 0.2) is 0 Å². The number of aromatic nitrogens is 3. The molecule has 0 saturated carbocycles. The third-order valence-corrected chi connectivity index (χ3v) is 3.97. The first-order valence-electron chi connectivity index (χ1n) is 6.69. The van der Waals surface area contributed by atoms with Crippen LogP contribution in [-0.4, -0.2) is 22.0 Å². The second-order valence-electron chi connectivity index (χ2n) is 4.53. The van der Waals surface area contributed by atoms with Crippen LogP contribution in [0.4, 0.5) is 4.39 Å². The molecule has 0 aliphatic carbocycles. The lowest BCUT2D eigenvalue weighted by atomic mass is 10.1. The summed E-state index contributed by atoms with van der Waals surface area (Å²) >= 11 is 3.20. The lowest BCUT2D eigenvalue weighted by molar-refractivity contribution is 0.555. The largest absolute Gasteiger partial charge is 0.312 e. The van der Waals surface area contributed by atoms with Crippen LogP contribution in [0.25, 0.3) is 5.69 Å². The number of benzene rings is 1. The monoisotopic (exact) mass is 340 g/mol. The minimum Gasteiger partial charge on any atom is -0.312 e. The van der Waals surface area contributed by atoms with Crippen molar-refractivity contribution in [2.24, 2.45) is 0 Å². The predicted octanol–water partition coefficient (Wildman–Crippen LogP) is 3.40. The molecule has 1 atom stereocenters. The van der Waals surface area contributed by atoms with Gasteiger partial charge in [0.05, 0.1) is 21.9 Å². The molecule has 0 radical (unpaired) electrons. The molecule has 1 aromatic carbocycles. The highest BCUT2D eigenvalue weighted by atomic mass is 79.9. The van der Waals surface area contributed by atoms with Gasteiger partial charge in [-0.05, 0) is 54.0 Å². The maximum Gasteiger partial charge on any atom is 0.137 e. The Bertz CT molecular complexity index is 593. The maximum absolute atomic E-state index is 13.3. The fraction of sp³-hybridized carbons (Fsp3) is 0.429. The van der Waals surface area contributed by atoms with Crippen molar-refractivity contribution in [3.8, 4) is 5.69 Å². The van der Waals surface area contributed by atoms with Crippen molar-refractivity contribution in [2.75, 3.05) is 7.05 Å². The van der Waals surface area contributed by atoms with Gasteiger partial charge in [-0.25, -0.2) is 9.07 Å². The highest BCUT2D eigenvalue weighted by molar-refractivity contribution is 9.10. The van der Waals surface area contributed by atoms with E-state index in [0.29, 0.717) is 4.47 Å². The Morgan fingerprint density at radius 1 is 1.40 bits per heavy atom. The summed E-state index contributed by atoms with van der Waals surface area (Å²) in [5.74, 6) is -0.284. The van der Waals surface area contributed by atoms with Crippen molar-refractivity contribution in [2.45, 2.75) is 32.7 Å². The number of nitrogens with one attached hydrogen (secondary N) is 1. The molecule has 4 nitrogen and oxygen atoms in total. The molecule has 6 heteroatoms. The Morgan fingerprint density at radius 2 is 2.15 bits per heavy atom. The minimum atomic E-state index is -0.284. The van der Waals surface area contributed by atoms with E-state index in [1.807, 2.05) is 7.05 Å². The standard InChI is InChI=1S/C14H18BrFN4/c1-4-12(17-3)14-13(5-2)20(19-18-14)9-6-7-11(16)10(15)8-9/h6-8,12,17H,4-5H2,1-3H3. The molecule has 20 heavy (non-hydrogen) atoms. The third kappa shape index (κ3) is 2.76. The molecule has 1 heterocycles. The normalized spacial score (nSPS) is 12.7. The number of halogens is 2. The van der Waals surface area contributed by atoms with Crippen molar-refractivity contribution in [3.63, 3.8) is 0 Å². The summed E-state index contributed by atoms with van der Waals surface area (Å²) in [5.41, 5.74) is 2.81. The predicted molar refractivity (Wildman–Crippen MR) is 80.5 cm³/mol. The molecule has 0 spiro atoms. The molecule has 1 aromatic heterocycles. The van der Waals surface area contributed by atoms with E-state index >= 15 is 0 Å². The summed E-state index contributed by atoms with van der Waals surface area (Å²) in [6, 6.07) is 5.03. The van der Waals surface area contributed by atoms with Crippen LogP contribution in [0.5, 0.6) is 0 Å². The highest BCUT2D eigenvalue weighted by Gasteiger charge is 2.19. The second kappa shape index (κ2) is 6.45. The van der Waals surface area contributed by atoms with Gasteiger partial charge in [0.2, 0.25) is 0 Å². The van der Waals surface area contributed by atoms with Crippen LogP contribution in [0.2, 0.25) is 0 Å². The molecule has 1 unspecified atom stereocenters. The lowest BCUT2D eigenvalue weighted by Gasteiger charge is -2.13. The molecule has 0 fully saturated rings. The Hall–Kier alpha value is -1.27. The molecule has 2 rings (SSSR count). The minimum absolute atomic E-state index is 0.183. The number of nitrogens with zero attached hydrogens (tertiary/aromatic N) is 3. The summed E-state index contributed by atoms with van der Waals surface area (Å²) < 4.78 is 15.5. The van der Waals surface area contributed by atoms with E-state index in [0.717, 1.165) is 29.9 Å². The Kier molecular flexibility index (Phi) is 4.88. The van der Waals surface area contributed by atoms with Gasteiger partial charge < -0.3 is 5.32 Å². The van der Waals surface area contributed by atoms with Gasteiger partial charge in [0, 0.05) is 0 Å². The molecule has 0 bridgehead atoms. The van der Waals surface area contributed by atoms with E-state index in [4.69, 9.17) is 0 Å². The van der Waals surface area contributed by atoms with Crippen LogP contribution < -0.4 is 5.32 Å². The average molecular weight is 341 g/mol. The van der Waals surface area contributed by atoms with E-state index < -0.39 is 0 Å². The van der Waals surface area contributed by atoms with E-state index in [9.17, 15) is 4.39 Å². The molecule has 108 valence electrons. The highest BCUT2D eigenvalue weighted by Crippen LogP contribution is 2.24. The van der Waals surface area contributed by atoms with Gasteiger partial charge in [-0.3, -0.25) is 0 Å². The van der Waals surface area contributed by atoms with Crippen molar-refractivity contribution in [1.29, 1.82) is 0 Å². The molecular formula is C14H18BrFN4. The fourth-order valence-electron chi connectivity index (χ4n) is 2.27. The third-order valence-electron chi connectivity index (χ3n) is 3.36. The van der Waals surface area contributed by atoms with Crippen LogP contribution in [0.15, 0.2) is 22.7 Å². The quantitative estimate of drug-likeness (QED) is 0.906. The van der Waals surface area contributed by atoms with Crippen molar-refractivity contribution in [1.82, 2.24) is 20.3 Å². The fourth-order valence-corrected chi connectivity index (χ4v) is 2.64. The van der Waals surface area contributed by atoms with Crippen molar-refractivity contribution >= 4 is 15.9 Å². The molecule has 0 aliphatic heterocycles. The van der Waals surface area contributed by atoms with E-state index in [-0.39, 0.29) is 11.9 Å². The van der Waals surface area contributed by atoms with Crippen LogP contribution >= 0.6 is 15.9 Å². The second-order valence-corrected chi connectivity index (χ2v) is 5.39. The summed E-state index contributed by atoms with van der Waals surface area (Å²) in [4.78, 5) is 0. The smallest absolute Gasteiger partial charge is 0.137 e. The summed E-state index contributed by atoms with van der Waals surface area (Å²) in [6.07, 6.45) is 1.75. The van der Waals surface area contributed by atoms with Gasteiger partial charge in [0.25, 0.3) is 0 Å². The molecule has 1 N–H and O–H groups in total.